The van der Waals surface area contributed by atoms with Gasteiger partial charge in [-0.15, -0.1) is 0 Å². The van der Waals surface area contributed by atoms with Crippen molar-refractivity contribution in [1.82, 2.24) is 18.3 Å². The van der Waals surface area contributed by atoms with Gasteiger partial charge in [0.2, 0.25) is 0 Å². The Morgan fingerprint density at radius 2 is 0.403 bits per heavy atom. The highest BCUT2D eigenvalue weighted by Gasteiger charge is 2.63. The first-order chi connectivity index (χ1) is 71.3. The van der Waals surface area contributed by atoms with E-state index in [1.807, 2.05) is 0 Å². The molecule has 0 N–H and O–H groups in total. The molecule has 0 unspecified atom stereocenters. The van der Waals surface area contributed by atoms with E-state index in [1.165, 1.54) is 306 Å². The molecule has 8 bridgehead atoms. The lowest BCUT2D eigenvalue weighted by atomic mass is 9.43. The molecule has 36 rings (SSSR count). The van der Waals surface area contributed by atoms with Crippen molar-refractivity contribution in [1.29, 1.82) is 0 Å². The second-order valence-corrected chi connectivity index (χ2v) is 44.1. The fraction of sp³-hybridized carbons (Fsp3) is 0.143. The number of benzene rings is 22. The van der Waals surface area contributed by atoms with Gasteiger partial charge in [-0.1, -0.05) is 328 Å². The third-order valence-electron chi connectivity index (χ3n) is 37.3. The molecular weight excluding hydrogens is 1740 g/mol. The van der Waals surface area contributed by atoms with Gasteiger partial charge in [-0.05, 0) is 364 Å². The summed E-state index contributed by atoms with van der Waals surface area (Å²) >= 11 is 0. The SMILES string of the molecule is c1ccc2c(c1)-c1ccc(-c3ccc4ccc5ccc(-n6c7ccccc7c7ccc(-c8ccc9c%10ccccc%10n(-c%10cccc%11ccccc%10%11)c9c8)cc76)cc5c4c3)cc1C21C2CC3CC(C2)CC1C3.c1ccc2c(c1)-c1ccc(-c3ccc4ccc5ccc(-n6c7ccccc7c7ccc(-c8ccc9c%10ccccc%10n(-c%10cccc%11ccccc%10%11)c9c8)cc76)cc5c4c3)cc1C21C2CC3CC(C2)CC1C3. The Hall–Kier alpha value is -16.4. The Morgan fingerprint density at radius 1 is 0.153 bits per heavy atom. The molecule has 144 heavy (non-hydrogen) atoms. The summed E-state index contributed by atoms with van der Waals surface area (Å²) in [4.78, 5) is 0. The predicted molar refractivity (Wildman–Crippen MR) is 604 cm³/mol. The molecule has 0 amide bonds. The van der Waals surface area contributed by atoms with Crippen molar-refractivity contribution in [2.45, 2.75) is 75.0 Å². The van der Waals surface area contributed by atoms with E-state index in [4.69, 9.17) is 0 Å². The zero-order valence-electron chi connectivity index (χ0n) is 80.0. The standard InChI is InChI=1S/2C70H50N2/c2*1-2-12-54-44(10-1)11-9-19-65(54)72-67-18-8-5-15-58(67)60-31-27-50(40-69(60)72)49-26-30-59-57-14-4-7-17-66(57)71(68(59)39-49)53-28-24-46-21-20-45-22-23-47(37-61(45)62(46)41-53)48-25-29-56-55-13-3-6-16-63(55)70(64(56)38-48)51-33-42-32-43(35-51)36-52(70)34-42/h2*1-31,37-43,51-52H,32-36H2. The highest BCUT2D eigenvalue weighted by Crippen LogP contribution is 2.72. The number of para-hydroxylation sites is 4. The second kappa shape index (κ2) is 30.1. The second-order valence-electron chi connectivity index (χ2n) is 44.1. The average molecular weight is 1840 g/mol. The average Bonchev–Trinajstić information content (AvgIpc) is 1.50. The van der Waals surface area contributed by atoms with Crippen molar-refractivity contribution >= 4 is 152 Å². The summed E-state index contributed by atoms with van der Waals surface area (Å²) in [7, 11) is 0. The Balaban J connectivity index is 0.000000127. The van der Waals surface area contributed by atoms with E-state index < -0.39 is 0 Å². The smallest absolute Gasteiger partial charge is 0.0547 e. The zero-order valence-corrected chi connectivity index (χ0v) is 80.0. The first-order valence-corrected chi connectivity index (χ1v) is 52.8. The van der Waals surface area contributed by atoms with Crippen LogP contribution in [0.3, 0.4) is 0 Å². The number of hydrogen-bond donors (Lipinski definition) is 0. The van der Waals surface area contributed by atoms with Crippen LogP contribution < -0.4 is 0 Å². The summed E-state index contributed by atoms with van der Waals surface area (Å²) in [5, 5.41) is 25.3. The van der Waals surface area contributed by atoms with Gasteiger partial charge in [0, 0.05) is 76.1 Å². The fourth-order valence-corrected chi connectivity index (χ4v) is 31.9. The van der Waals surface area contributed by atoms with Gasteiger partial charge >= 0.3 is 0 Å². The van der Waals surface area contributed by atoms with Crippen molar-refractivity contribution < 1.29 is 0 Å². The number of aromatic nitrogens is 4. The van der Waals surface area contributed by atoms with Crippen LogP contribution in [0.25, 0.3) is 241 Å². The van der Waals surface area contributed by atoms with E-state index >= 15 is 0 Å². The van der Waals surface area contributed by atoms with E-state index in [0.717, 1.165) is 47.3 Å². The summed E-state index contributed by atoms with van der Waals surface area (Å²) < 4.78 is 9.95. The topological polar surface area (TPSA) is 19.7 Å². The molecule has 8 fully saturated rings. The normalized spacial score (nSPS) is 20.8. The minimum absolute atomic E-state index is 0.153. The Kier molecular flexibility index (Phi) is 16.8. The minimum atomic E-state index is 0.153. The van der Waals surface area contributed by atoms with Gasteiger partial charge in [0.1, 0.15) is 0 Å². The molecule has 4 heterocycles. The van der Waals surface area contributed by atoms with Crippen LogP contribution in [0.1, 0.15) is 86.5 Å². The molecule has 8 saturated carbocycles. The van der Waals surface area contributed by atoms with Crippen molar-refractivity contribution in [3.05, 3.63) is 459 Å². The minimum Gasteiger partial charge on any atom is -0.309 e. The lowest BCUT2D eigenvalue weighted by Gasteiger charge is -2.61. The predicted octanol–water partition coefficient (Wildman–Crippen LogP) is 36.8. The quantitative estimate of drug-likeness (QED) is 0.135. The van der Waals surface area contributed by atoms with Crippen LogP contribution in [-0.4, -0.2) is 18.3 Å². The largest absolute Gasteiger partial charge is 0.309 e. The van der Waals surface area contributed by atoms with Crippen LogP contribution in [-0.2, 0) is 10.8 Å². The van der Waals surface area contributed by atoms with Crippen LogP contribution in [0.5, 0.6) is 0 Å². The van der Waals surface area contributed by atoms with Gasteiger partial charge in [-0.3, -0.25) is 0 Å². The third kappa shape index (κ3) is 11.3. The molecule has 0 saturated heterocycles. The molecule has 10 aliphatic carbocycles. The summed E-state index contributed by atoms with van der Waals surface area (Å²) in [6, 6.07) is 167. The van der Waals surface area contributed by atoms with E-state index in [0.29, 0.717) is 0 Å². The molecule has 10 aliphatic rings. The highest BCUT2D eigenvalue weighted by molar-refractivity contribution is 6.18. The van der Waals surface area contributed by atoms with E-state index in [2.05, 4.69) is 455 Å². The van der Waals surface area contributed by atoms with Crippen molar-refractivity contribution in [2.75, 3.05) is 0 Å². The highest BCUT2D eigenvalue weighted by atomic mass is 15.0. The van der Waals surface area contributed by atoms with Gasteiger partial charge in [0.25, 0.3) is 0 Å². The summed E-state index contributed by atoms with van der Waals surface area (Å²) in [6.45, 7) is 0. The first-order valence-electron chi connectivity index (χ1n) is 52.8. The first kappa shape index (κ1) is 80.3. The van der Waals surface area contributed by atoms with Gasteiger partial charge < -0.3 is 18.3 Å². The molecular formula is C140H100N4. The molecule has 680 valence electrons. The summed E-state index contributed by atoms with van der Waals surface area (Å²) in [5.74, 6) is 6.71. The molecule has 26 aromatic rings. The van der Waals surface area contributed by atoms with Gasteiger partial charge in [-0.2, -0.15) is 0 Å². The summed E-state index contributed by atoms with van der Waals surface area (Å²) in [5.41, 5.74) is 37.3. The van der Waals surface area contributed by atoms with Crippen molar-refractivity contribution in [3.8, 4) is 89.5 Å². The van der Waals surface area contributed by atoms with Crippen molar-refractivity contribution in [3.63, 3.8) is 0 Å². The lowest BCUT2D eigenvalue weighted by Crippen LogP contribution is -2.55. The molecule has 22 aromatic carbocycles. The lowest BCUT2D eigenvalue weighted by molar-refractivity contribution is -0.0399. The molecule has 0 aliphatic heterocycles. The number of nitrogens with zero attached hydrogens (tertiary/aromatic N) is 4. The Morgan fingerprint density at radius 3 is 0.778 bits per heavy atom. The maximum absolute atomic E-state index is 2.64. The summed E-state index contributed by atoms with van der Waals surface area (Å²) in [6.07, 6.45) is 14.1. The van der Waals surface area contributed by atoms with Crippen LogP contribution in [0.4, 0.5) is 0 Å². The van der Waals surface area contributed by atoms with E-state index in [9.17, 15) is 0 Å². The molecule has 0 atom stereocenters. The van der Waals surface area contributed by atoms with Crippen LogP contribution in [0.2, 0.25) is 0 Å². The van der Waals surface area contributed by atoms with Crippen molar-refractivity contribution in [2.24, 2.45) is 47.3 Å². The van der Waals surface area contributed by atoms with Crippen LogP contribution in [0.15, 0.2) is 437 Å². The molecule has 2 spiro atoms. The maximum atomic E-state index is 2.64. The zero-order chi connectivity index (χ0) is 93.6. The Bertz CT molecular complexity index is 9470. The fourth-order valence-electron chi connectivity index (χ4n) is 31.9. The van der Waals surface area contributed by atoms with Crippen LogP contribution >= 0.6 is 0 Å². The van der Waals surface area contributed by atoms with E-state index in [1.54, 1.807) is 22.3 Å². The van der Waals surface area contributed by atoms with Gasteiger partial charge in [0.15, 0.2) is 0 Å². The van der Waals surface area contributed by atoms with Gasteiger partial charge in [-0.25, -0.2) is 0 Å². The Labute approximate surface area is 835 Å². The third-order valence-corrected chi connectivity index (χ3v) is 37.3. The number of rotatable bonds is 8. The monoisotopic (exact) mass is 1840 g/mol. The van der Waals surface area contributed by atoms with Gasteiger partial charge in [0.05, 0.1) is 55.5 Å². The number of hydrogen-bond acceptors (Lipinski definition) is 0. The molecule has 4 aromatic heterocycles. The molecule has 4 heteroatoms. The van der Waals surface area contributed by atoms with E-state index in [-0.39, 0.29) is 10.8 Å². The maximum Gasteiger partial charge on any atom is 0.0547 e. The molecule has 4 nitrogen and oxygen atoms in total. The van der Waals surface area contributed by atoms with Crippen LogP contribution in [0, 0.1) is 47.3 Å². The number of fused-ring (bicyclic) bond motifs is 26. The molecule has 0 radical (unpaired) electrons.